The van der Waals surface area contributed by atoms with Crippen LogP contribution >= 0.6 is 0 Å². The summed E-state index contributed by atoms with van der Waals surface area (Å²) in [4.78, 5) is 12.1. The maximum Gasteiger partial charge on any atom is 0.251 e. The molecule has 0 heterocycles. The molecule has 0 unspecified atom stereocenters. The monoisotopic (exact) mass is 314 g/mol. The fourth-order valence-electron chi connectivity index (χ4n) is 1.67. The van der Waals surface area contributed by atoms with Crippen molar-refractivity contribution in [1.82, 2.24) is 10.0 Å². The number of hydrogen-bond acceptors (Lipinski definition) is 4. The Labute approximate surface area is 125 Å². The molecule has 0 spiro atoms. The van der Waals surface area contributed by atoms with Crippen molar-refractivity contribution in [2.45, 2.75) is 25.7 Å². The first-order valence-corrected chi connectivity index (χ1v) is 8.25. The summed E-state index contributed by atoms with van der Waals surface area (Å²) in [5.41, 5.74) is 1.04. The van der Waals surface area contributed by atoms with Crippen molar-refractivity contribution in [2.24, 2.45) is 5.92 Å². The Hall–Kier alpha value is -1.44. The Bertz CT molecular complexity index is 597. The summed E-state index contributed by atoms with van der Waals surface area (Å²) >= 11 is 0. The first-order chi connectivity index (χ1) is 9.77. The minimum absolute atomic E-state index is 0.0104. The van der Waals surface area contributed by atoms with Crippen LogP contribution < -0.4 is 10.0 Å². The number of aryl methyl sites for hydroxylation is 1. The number of aliphatic hydroxyl groups is 1. The number of nitrogens with one attached hydrogen (secondary N) is 2. The minimum atomic E-state index is -3.72. The zero-order chi connectivity index (χ0) is 16.0. The number of benzene rings is 1. The predicted octanol–water partition coefficient (Wildman–Crippen LogP) is 0.651. The second-order valence-electron chi connectivity index (χ2n) is 5.20. The lowest BCUT2D eigenvalue weighted by atomic mass is 10.1. The average molecular weight is 314 g/mol. The van der Waals surface area contributed by atoms with Gasteiger partial charge in [-0.1, -0.05) is 19.9 Å². The number of rotatable bonds is 7. The van der Waals surface area contributed by atoms with Crippen molar-refractivity contribution in [1.29, 1.82) is 0 Å². The highest BCUT2D eigenvalue weighted by atomic mass is 32.2. The maximum atomic E-state index is 12.1. The van der Waals surface area contributed by atoms with Crippen LogP contribution in [-0.4, -0.2) is 39.1 Å². The average Bonchev–Trinajstić information content (AvgIpc) is 2.42. The summed E-state index contributed by atoms with van der Waals surface area (Å²) in [6.45, 7) is 5.89. The zero-order valence-corrected chi connectivity index (χ0v) is 13.3. The molecule has 1 rings (SSSR count). The van der Waals surface area contributed by atoms with Gasteiger partial charge in [-0.2, -0.15) is 0 Å². The molecule has 0 aliphatic carbocycles. The minimum Gasteiger partial charge on any atom is -0.395 e. The highest BCUT2D eigenvalue weighted by molar-refractivity contribution is 7.89. The number of carbonyl (C=O) groups is 1. The number of amides is 1. The molecular weight excluding hydrogens is 292 g/mol. The second-order valence-corrected chi connectivity index (χ2v) is 6.97. The van der Waals surface area contributed by atoms with Crippen molar-refractivity contribution in [3.05, 3.63) is 29.3 Å². The highest BCUT2D eigenvalue weighted by Gasteiger charge is 2.17. The summed E-state index contributed by atoms with van der Waals surface area (Å²) < 4.78 is 26.2. The summed E-state index contributed by atoms with van der Waals surface area (Å²) in [6.07, 6.45) is 0. The molecular formula is C14H22N2O4S. The quantitative estimate of drug-likeness (QED) is 0.688. The van der Waals surface area contributed by atoms with Crippen LogP contribution in [0.15, 0.2) is 23.1 Å². The van der Waals surface area contributed by atoms with Crippen molar-refractivity contribution in [3.63, 3.8) is 0 Å². The largest absolute Gasteiger partial charge is 0.395 e. The van der Waals surface area contributed by atoms with E-state index in [4.69, 9.17) is 5.11 Å². The summed E-state index contributed by atoms with van der Waals surface area (Å²) in [6, 6.07) is 4.39. The van der Waals surface area contributed by atoms with Gasteiger partial charge in [-0.15, -0.1) is 0 Å². The number of aliphatic hydroxyl groups excluding tert-OH is 1. The van der Waals surface area contributed by atoms with E-state index in [0.717, 1.165) is 0 Å². The van der Waals surface area contributed by atoms with Crippen molar-refractivity contribution < 1.29 is 18.3 Å². The normalized spacial score (nSPS) is 11.7. The molecule has 0 saturated carbocycles. The van der Waals surface area contributed by atoms with E-state index in [9.17, 15) is 13.2 Å². The third-order valence-electron chi connectivity index (χ3n) is 2.84. The van der Waals surface area contributed by atoms with Gasteiger partial charge in [-0.25, -0.2) is 13.1 Å². The van der Waals surface area contributed by atoms with E-state index in [1.807, 2.05) is 13.8 Å². The molecule has 0 bridgehead atoms. The van der Waals surface area contributed by atoms with Crippen LogP contribution in [0.2, 0.25) is 0 Å². The topological polar surface area (TPSA) is 95.5 Å². The molecule has 1 aromatic rings. The smallest absolute Gasteiger partial charge is 0.251 e. The Balaban J connectivity index is 3.02. The molecule has 0 aliphatic heterocycles. The molecule has 0 fully saturated rings. The number of hydrogen-bond donors (Lipinski definition) is 3. The van der Waals surface area contributed by atoms with E-state index >= 15 is 0 Å². The first-order valence-electron chi connectivity index (χ1n) is 6.77. The number of carbonyl (C=O) groups excluding carboxylic acids is 1. The molecule has 1 amide bonds. The molecule has 1 aromatic carbocycles. The molecule has 0 radical (unpaired) electrons. The standard InChI is InChI=1S/C14H22N2O4S/c1-10(2)9-15-14(18)13-8-12(5-4-11(13)3)21(19,20)16-6-7-17/h4-5,8,10,16-17H,6-7,9H2,1-3H3,(H,15,18). The first kappa shape index (κ1) is 17.6. The Morgan fingerprint density at radius 1 is 1.33 bits per heavy atom. The van der Waals surface area contributed by atoms with Crippen LogP contribution in [0.1, 0.15) is 29.8 Å². The third kappa shape index (κ3) is 5.11. The maximum absolute atomic E-state index is 12.1. The van der Waals surface area contributed by atoms with Crippen molar-refractivity contribution in [2.75, 3.05) is 19.7 Å². The van der Waals surface area contributed by atoms with Crippen molar-refractivity contribution in [3.8, 4) is 0 Å². The van der Waals surface area contributed by atoms with Gasteiger partial charge in [0, 0.05) is 18.7 Å². The summed E-state index contributed by atoms with van der Waals surface area (Å²) in [7, 11) is -3.72. The van der Waals surface area contributed by atoms with Crippen LogP contribution in [0.4, 0.5) is 0 Å². The van der Waals surface area contributed by atoms with E-state index in [-0.39, 0.29) is 24.0 Å². The molecule has 21 heavy (non-hydrogen) atoms. The van der Waals surface area contributed by atoms with Crippen LogP contribution in [0.25, 0.3) is 0 Å². The fraction of sp³-hybridized carbons (Fsp3) is 0.500. The van der Waals surface area contributed by atoms with E-state index in [1.54, 1.807) is 13.0 Å². The predicted molar refractivity (Wildman–Crippen MR) is 80.6 cm³/mol. The Morgan fingerprint density at radius 3 is 2.57 bits per heavy atom. The molecule has 0 aliphatic rings. The van der Waals surface area contributed by atoms with Gasteiger partial charge in [0.25, 0.3) is 5.91 Å². The lowest BCUT2D eigenvalue weighted by molar-refractivity contribution is 0.0948. The number of sulfonamides is 1. The van der Waals surface area contributed by atoms with Crippen LogP contribution in [0.5, 0.6) is 0 Å². The van der Waals surface area contributed by atoms with Crippen molar-refractivity contribution >= 4 is 15.9 Å². The van der Waals surface area contributed by atoms with Gasteiger partial charge in [0.2, 0.25) is 10.0 Å². The van der Waals surface area contributed by atoms with Gasteiger partial charge in [0.1, 0.15) is 0 Å². The second kappa shape index (κ2) is 7.53. The zero-order valence-electron chi connectivity index (χ0n) is 12.5. The Kier molecular flexibility index (Phi) is 6.32. The molecule has 118 valence electrons. The molecule has 0 atom stereocenters. The van der Waals surface area contributed by atoms with Crippen LogP contribution in [0, 0.1) is 12.8 Å². The molecule has 3 N–H and O–H groups in total. The van der Waals surface area contributed by atoms with E-state index in [2.05, 4.69) is 10.0 Å². The van der Waals surface area contributed by atoms with Gasteiger partial charge in [-0.05, 0) is 30.5 Å². The molecule has 0 aromatic heterocycles. The van der Waals surface area contributed by atoms with Crippen LogP contribution in [0.3, 0.4) is 0 Å². The highest BCUT2D eigenvalue weighted by Crippen LogP contribution is 2.15. The third-order valence-corrected chi connectivity index (χ3v) is 4.30. The SMILES string of the molecule is Cc1ccc(S(=O)(=O)NCCO)cc1C(=O)NCC(C)C. The van der Waals surface area contributed by atoms with E-state index in [0.29, 0.717) is 23.6 Å². The lowest BCUT2D eigenvalue weighted by Crippen LogP contribution is -2.29. The molecule has 7 heteroatoms. The van der Waals surface area contributed by atoms with Gasteiger partial charge < -0.3 is 10.4 Å². The van der Waals surface area contributed by atoms with E-state index < -0.39 is 10.0 Å². The summed E-state index contributed by atoms with van der Waals surface area (Å²) in [5.74, 6) is 0.0211. The van der Waals surface area contributed by atoms with Gasteiger partial charge in [-0.3, -0.25) is 4.79 Å². The lowest BCUT2D eigenvalue weighted by Gasteiger charge is -2.12. The van der Waals surface area contributed by atoms with Crippen LogP contribution in [-0.2, 0) is 10.0 Å². The summed E-state index contributed by atoms with van der Waals surface area (Å²) in [5, 5.41) is 11.5. The van der Waals surface area contributed by atoms with E-state index in [1.165, 1.54) is 12.1 Å². The molecule has 0 saturated heterocycles. The molecule has 6 nitrogen and oxygen atoms in total. The van der Waals surface area contributed by atoms with Gasteiger partial charge >= 0.3 is 0 Å². The van der Waals surface area contributed by atoms with Gasteiger partial charge in [0.15, 0.2) is 0 Å². The van der Waals surface area contributed by atoms with Gasteiger partial charge in [0.05, 0.1) is 11.5 Å². The fourth-order valence-corrected chi connectivity index (χ4v) is 2.72. The Morgan fingerprint density at radius 2 is 2.00 bits per heavy atom.